The van der Waals surface area contributed by atoms with Crippen LogP contribution in [0.5, 0.6) is 0 Å². The molecule has 1 saturated carbocycles. The molecule has 1 rings (SSSR count). The second-order valence-corrected chi connectivity index (χ2v) is 16.3. The standard InChI is InChI=1S/C42H75O13P/c1-3-5-7-9-11-13-15-16-17-18-19-20-21-23-25-27-29-31-36(44)54-34(32-52-35(43)30-28-26-24-22-14-12-10-8-6-4-2)33-53-56(50,51)55-42-40(48)38(46)37(45)39(47)41(42)49/h11,13,16-17,19-20,34,37-42,45-49H,3-10,12,14-15,18,21-33H2,1-2H3,(H,50,51)/b13-11+,17-16+,20-19+/t34-,37?,38+,39?,40?,41?,42?/m1/s1. The second kappa shape index (κ2) is 33.0. The zero-order chi connectivity index (χ0) is 41.4. The van der Waals surface area contributed by atoms with Gasteiger partial charge in [0.15, 0.2) is 6.10 Å². The SMILES string of the molecule is CCCCC/C=C/C/C=C/C/C=C/CCCCCCC(=O)O[C@H](COC(=O)CCCCCCCCCCCC)COP(=O)(O)OC1C(O)C(O)C(O)[C@H](O)C1O. The molecule has 6 N–H and O–H groups in total. The van der Waals surface area contributed by atoms with Gasteiger partial charge in [-0.3, -0.25) is 18.6 Å². The van der Waals surface area contributed by atoms with Gasteiger partial charge in [0.05, 0.1) is 6.61 Å². The van der Waals surface area contributed by atoms with Crippen LogP contribution in [0.4, 0.5) is 0 Å². The fraction of sp³-hybridized carbons (Fsp3) is 0.810. The number of phosphoric acid groups is 1. The van der Waals surface area contributed by atoms with Crippen LogP contribution in [0.1, 0.15) is 162 Å². The Bertz CT molecular complexity index is 1130. The van der Waals surface area contributed by atoms with Crippen LogP contribution in [0.15, 0.2) is 36.5 Å². The van der Waals surface area contributed by atoms with Crippen LogP contribution < -0.4 is 0 Å². The molecule has 0 saturated heterocycles. The number of rotatable bonds is 34. The number of allylic oxidation sites excluding steroid dienone is 6. The van der Waals surface area contributed by atoms with E-state index in [0.717, 1.165) is 64.2 Å². The van der Waals surface area contributed by atoms with Gasteiger partial charge >= 0.3 is 19.8 Å². The van der Waals surface area contributed by atoms with Gasteiger partial charge in [0.25, 0.3) is 0 Å². The lowest BCUT2D eigenvalue weighted by molar-refractivity contribution is -0.220. The highest BCUT2D eigenvalue weighted by atomic mass is 31.2. The molecule has 1 aliphatic rings. The third-order valence-corrected chi connectivity index (χ3v) is 10.7. The zero-order valence-corrected chi connectivity index (χ0v) is 35.1. The molecule has 0 radical (unpaired) electrons. The summed E-state index contributed by atoms with van der Waals surface area (Å²) in [5.74, 6) is -1.13. The maximum atomic E-state index is 12.8. The first-order valence-electron chi connectivity index (χ1n) is 21.3. The maximum absolute atomic E-state index is 12.8. The summed E-state index contributed by atoms with van der Waals surface area (Å²) in [6.45, 7) is 3.21. The maximum Gasteiger partial charge on any atom is 0.472 e. The molecule has 0 bridgehead atoms. The molecular formula is C42H75O13P. The topological polar surface area (TPSA) is 210 Å². The number of hydrogen-bond acceptors (Lipinski definition) is 12. The van der Waals surface area contributed by atoms with Crippen LogP contribution in [0.2, 0.25) is 0 Å². The summed E-state index contributed by atoms with van der Waals surface area (Å²) in [5, 5.41) is 50.0. The predicted octanol–water partition coefficient (Wildman–Crippen LogP) is 7.44. The highest BCUT2D eigenvalue weighted by Crippen LogP contribution is 2.47. The Morgan fingerprint density at radius 3 is 1.50 bits per heavy atom. The fourth-order valence-electron chi connectivity index (χ4n) is 6.23. The summed E-state index contributed by atoms with van der Waals surface area (Å²) in [6, 6.07) is 0. The molecule has 14 heteroatoms. The summed E-state index contributed by atoms with van der Waals surface area (Å²) in [7, 11) is -5.12. The Labute approximate surface area is 336 Å². The van der Waals surface area contributed by atoms with Gasteiger partial charge in [0.2, 0.25) is 0 Å². The van der Waals surface area contributed by atoms with E-state index in [1.54, 1.807) is 0 Å². The smallest absolute Gasteiger partial charge is 0.462 e. The molecule has 1 aliphatic carbocycles. The summed E-state index contributed by atoms with van der Waals surface area (Å²) in [5.41, 5.74) is 0. The third-order valence-electron chi connectivity index (χ3n) is 9.73. The van der Waals surface area contributed by atoms with Crippen molar-refractivity contribution < 1.29 is 63.1 Å². The molecule has 0 spiro atoms. The number of aliphatic hydroxyl groups excluding tert-OH is 5. The number of aliphatic hydroxyl groups is 5. The summed E-state index contributed by atoms with van der Waals surface area (Å²) >= 11 is 0. The number of esters is 2. The lowest BCUT2D eigenvalue weighted by Crippen LogP contribution is -2.64. The minimum Gasteiger partial charge on any atom is -0.462 e. The molecule has 13 nitrogen and oxygen atoms in total. The summed E-state index contributed by atoms with van der Waals surface area (Å²) < 4.78 is 33.4. The first kappa shape index (κ1) is 52.1. The number of carbonyl (C=O) groups is 2. The van der Waals surface area contributed by atoms with Gasteiger partial charge in [-0.1, -0.05) is 134 Å². The lowest BCUT2D eigenvalue weighted by Gasteiger charge is -2.41. The van der Waals surface area contributed by atoms with Crippen molar-refractivity contribution in [2.45, 2.75) is 204 Å². The third kappa shape index (κ3) is 25.4. The van der Waals surface area contributed by atoms with Crippen LogP contribution >= 0.6 is 7.82 Å². The summed E-state index contributed by atoms with van der Waals surface area (Å²) in [6.07, 6.45) is 22.1. The van der Waals surface area contributed by atoms with Gasteiger partial charge in [-0.15, -0.1) is 0 Å². The number of ether oxygens (including phenoxy) is 2. The molecule has 0 aromatic heterocycles. The van der Waals surface area contributed by atoms with Gasteiger partial charge in [-0.25, -0.2) is 4.57 Å². The fourth-order valence-corrected chi connectivity index (χ4v) is 7.21. The molecule has 0 amide bonds. The van der Waals surface area contributed by atoms with Crippen molar-refractivity contribution in [3.05, 3.63) is 36.5 Å². The average molecular weight is 819 g/mol. The van der Waals surface area contributed by atoms with Crippen molar-refractivity contribution in [1.82, 2.24) is 0 Å². The Balaban J connectivity index is 2.51. The number of unbranched alkanes of at least 4 members (excludes halogenated alkanes) is 16. The molecule has 6 unspecified atom stereocenters. The van der Waals surface area contributed by atoms with E-state index in [2.05, 4.69) is 50.3 Å². The Morgan fingerprint density at radius 2 is 0.964 bits per heavy atom. The lowest BCUT2D eigenvalue weighted by atomic mass is 9.85. The van der Waals surface area contributed by atoms with Crippen LogP contribution in [-0.4, -0.2) is 98.3 Å². The molecule has 0 heterocycles. The highest BCUT2D eigenvalue weighted by Gasteiger charge is 2.51. The largest absolute Gasteiger partial charge is 0.472 e. The van der Waals surface area contributed by atoms with E-state index in [1.165, 1.54) is 57.8 Å². The van der Waals surface area contributed by atoms with E-state index in [1.807, 2.05) is 0 Å². The van der Waals surface area contributed by atoms with Crippen molar-refractivity contribution in [3.63, 3.8) is 0 Å². The number of carbonyl (C=O) groups excluding carboxylic acids is 2. The minimum absolute atomic E-state index is 0.0720. The first-order valence-corrected chi connectivity index (χ1v) is 22.8. The quantitative estimate of drug-likeness (QED) is 0.0162. The molecule has 326 valence electrons. The molecule has 0 aromatic rings. The van der Waals surface area contributed by atoms with Gasteiger partial charge in [0, 0.05) is 12.8 Å². The van der Waals surface area contributed by atoms with Crippen molar-refractivity contribution >= 4 is 19.8 Å². The number of hydrogen-bond donors (Lipinski definition) is 6. The second-order valence-electron chi connectivity index (χ2n) is 14.8. The van der Waals surface area contributed by atoms with Gasteiger partial charge in [-0.2, -0.15) is 0 Å². The summed E-state index contributed by atoms with van der Waals surface area (Å²) in [4.78, 5) is 35.5. The van der Waals surface area contributed by atoms with E-state index >= 15 is 0 Å². The number of phosphoric ester groups is 1. The molecule has 1 fully saturated rings. The van der Waals surface area contributed by atoms with Crippen molar-refractivity contribution in [2.75, 3.05) is 13.2 Å². The minimum atomic E-state index is -5.12. The van der Waals surface area contributed by atoms with E-state index in [9.17, 15) is 44.6 Å². The van der Waals surface area contributed by atoms with Gasteiger partial charge in [-0.05, 0) is 51.4 Å². The Morgan fingerprint density at radius 1 is 0.554 bits per heavy atom. The van der Waals surface area contributed by atoms with Crippen LogP contribution in [0.3, 0.4) is 0 Å². The molecule has 0 aliphatic heterocycles. The molecule has 56 heavy (non-hydrogen) atoms. The highest BCUT2D eigenvalue weighted by molar-refractivity contribution is 7.47. The monoisotopic (exact) mass is 818 g/mol. The molecule has 0 aromatic carbocycles. The molecule has 8 atom stereocenters. The van der Waals surface area contributed by atoms with Crippen LogP contribution in [-0.2, 0) is 32.7 Å². The zero-order valence-electron chi connectivity index (χ0n) is 34.2. The molecular weight excluding hydrogens is 743 g/mol. The van der Waals surface area contributed by atoms with Crippen molar-refractivity contribution in [3.8, 4) is 0 Å². The Kier molecular flexibility index (Phi) is 30.7. The van der Waals surface area contributed by atoms with Crippen LogP contribution in [0, 0.1) is 0 Å². The average Bonchev–Trinajstić information content (AvgIpc) is 3.18. The normalized spacial score (nSPS) is 23.2. The van der Waals surface area contributed by atoms with E-state index in [0.29, 0.717) is 12.8 Å². The van der Waals surface area contributed by atoms with E-state index < -0.39 is 75.7 Å². The first-order chi connectivity index (χ1) is 26.9. The van der Waals surface area contributed by atoms with Crippen molar-refractivity contribution in [1.29, 1.82) is 0 Å². The van der Waals surface area contributed by atoms with Gasteiger partial charge in [0.1, 0.15) is 43.2 Å². The Hall–Kier alpha value is -1.93. The van der Waals surface area contributed by atoms with E-state index in [4.69, 9.17) is 18.5 Å². The van der Waals surface area contributed by atoms with Gasteiger partial charge < -0.3 is 39.9 Å². The van der Waals surface area contributed by atoms with E-state index in [-0.39, 0.29) is 12.8 Å². The van der Waals surface area contributed by atoms with Crippen LogP contribution in [0.25, 0.3) is 0 Å². The van der Waals surface area contributed by atoms with Crippen molar-refractivity contribution in [2.24, 2.45) is 0 Å². The predicted molar refractivity (Wildman–Crippen MR) is 216 cm³/mol.